The molecule has 0 bridgehead atoms. The van der Waals surface area contributed by atoms with Crippen LogP contribution in [0.2, 0.25) is 0 Å². The number of furan rings is 1. The third-order valence-electron chi connectivity index (χ3n) is 3.27. The summed E-state index contributed by atoms with van der Waals surface area (Å²) in [6.07, 6.45) is 0. The van der Waals surface area contributed by atoms with E-state index >= 15 is 0 Å². The molecule has 1 N–H and O–H groups in total. The summed E-state index contributed by atoms with van der Waals surface area (Å²) in [6.45, 7) is 0.503. The van der Waals surface area contributed by atoms with Crippen molar-refractivity contribution in [2.75, 3.05) is 14.2 Å². The third-order valence-corrected chi connectivity index (χ3v) is 4.45. The van der Waals surface area contributed by atoms with Crippen molar-refractivity contribution in [3.05, 3.63) is 58.9 Å². The fourth-order valence-corrected chi connectivity index (χ4v) is 3.52. The summed E-state index contributed by atoms with van der Waals surface area (Å²) in [6, 6.07) is 14.7. The Balaban J connectivity index is 1.95. The fourth-order valence-electron chi connectivity index (χ4n) is 2.34. The molecule has 1 unspecified atom stereocenters. The summed E-state index contributed by atoms with van der Waals surface area (Å²) in [5, 5.41) is 4.60. The number of thiophene rings is 1. The van der Waals surface area contributed by atoms with E-state index in [1.54, 1.807) is 18.4 Å². The molecule has 3 aromatic rings. The molecule has 0 aliphatic heterocycles. The fraction of sp³-hybridized carbons (Fsp3) is 0.250. The first-order valence-electron chi connectivity index (χ1n) is 6.55. The standard InChI is InChI=1S/C16H17NO2S/c1-17-16(13-8-7-12(19-13)10-18-2)15-9-11-5-3-4-6-14(11)20-15/h3-9,16-17H,10H2,1-2H3. The van der Waals surface area contributed by atoms with Gasteiger partial charge in [-0.15, -0.1) is 11.3 Å². The average Bonchev–Trinajstić information content (AvgIpc) is 3.07. The van der Waals surface area contributed by atoms with Gasteiger partial charge in [0.05, 0.1) is 0 Å². The molecule has 0 radical (unpaired) electrons. The molecule has 0 aliphatic rings. The van der Waals surface area contributed by atoms with E-state index in [2.05, 4.69) is 35.6 Å². The predicted octanol–water partition coefficient (Wildman–Crippen LogP) is 3.95. The van der Waals surface area contributed by atoms with Crippen LogP contribution < -0.4 is 5.32 Å². The molecule has 104 valence electrons. The van der Waals surface area contributed by atoms with E-state index in [1.165, 1.54) is 15.0 Å². The highest BCUT2D eigenvalue weighted by Gasteiger charge is 2.18. The number of fused-ring (bicyclic) bond motifs is 1. The molecule has 1 atom stereocenters. The van der Waals surface area contributed by atoms with Gasteiger partial charge in [-0.25, -0.2) is 0 Å². The maximum Gasteiger partial charge on any atom is 0.129 e. The van der Waals surface area contributed by atoms with Gasteiger partial charge in [-0.3, -0.25) is 0 Å². The smallest absolute Gasteiger partial charge is 0.129 e. The second kappa shape index (κ2) is 5.79. The maximum absolute atomic E-state index is 5.85. The van der Waals surface area contributed by atoms with Crippen LogP contribution in [-0.2, 0) is 11.3 Å². The summed E-state index contributed by atoms with van der Waals surface area (Å²) in [5.41, 5.74) is 0. The largest absolute Gasteiger partial charge is 0.462 e. The molecule has 2 aromatic heterocycles. The van der Waals surface area contributed by atoms with Crippen molar-refractivity contribution in [2.24, 2.45) is 0 Å². The molecule has 2 heterocycles. The molecular weight excluding hydrogens is 270 g/mol. The van der Waals surface area contributed by atoms with Crippen LogP contribution in [0.25, 0.3) is 10.1 Å². The predicted molar refractivity (Wildman–Crippen MR) is 82.1 cm³/mol. The Morgan fingerprint density at radius 2 is 2.10 bits per heavy atom. The van der Waals surface area contributed by atoms with Gasteiger partial charge in [-0.05, 0) is 36.7 Å². The highest BCUT2D eigenvalue weighted by atomic mass is 32.1. The van der Waals surface area contributed by atoms with Crippen molar-refractivity contribution in [3.8, 4) is 0 Å². The zero-order valence-corrected chi connectivity index (χ0v) is 12.4. The number of hydrogen-bond acceptors (Lipinski definition) is 4. The normalized spacial score (nSPS) is 12.9. The van der Waals surface area contributed by atoms with Gasteiger partial charge in [0, 0.05) is 16.7 Å². The number of methoxy groups -OCH3 is 1. The third kappa shape index (κ3) is 2.50. The van der Waals surface area contributed by atoms with E-state index in [1.807, 2.05) is 19.2 Å². The lowest BCUT2D eigenvalue weighted by atomic mass is 10.1. The van der Waals surface area contributed by atoms with Crippen LogP contribution in [0.5, 0.6) is 0 Å². The van der Waals surface area contributed by atoms with E-state index in [4.69, 9.17) is 9.15 Å². The van der Waals surface area contributed by atoms with Crippen molar-refractivity contribution < 1.29 is 9.15 Å². The Hall–Kier alpha value is -1.62. The first-order chi connectivity index (χ1) is 9.81. The van der Waals surface area contributed by atoms with Gasteiger partial charge in [0.25, 0.3) is 0 Å². The van der Waals surface area contributed by atoms with Gasteiger partial charge < -0.3 is 14.5 Å². The number of nitrogens with one attached hydrogen (secondary N) is 1. The zero-order chi connectivity index (χ0) is 13.9. The Bertz CT molecular complexity index is 668. The second-order valence-electron chi connectivity index (χ2n) is 4.65. The number of ether oxygens (including phenoxy) is 1. The first kappa shape index (κ1) is 13.4. The van der Waals surface area contributed by atoms with Crippen LogP contribution in [0.4, 0.5) is 0 Å². The summed E-state index contributed by atoms with van der Waals surface area (Å²) in [4.78, 5) is 1.26. The van der Waals surface area contributed by atoms with Crippen LogP contribution in [0.3, 0.4) is 0 Å². The average molecular weight is 287 g/mol. The van der Waals surface area contributed by atoms with E-state index in [0.717, 1.165) is 11.5 Å². The van der Waals surface area contributed by atoms with Gasteiger partial charge in [-0.1, -0.05) is 18.2 Å². The number of benzene rings is 1. The van der Waals surface area contributed by atoms with Crippen LogP contribution in [0.1, 0.15) is 22.4 Å². The second-order valence-corrected chi connectivity index (χ2v) is 5.76. The monoisotopic (exact) mass is 287 g/mol. The van der Waals surface area contributed by atoms with E-state index in [9.17, 15) is 0 Å². The number of rotatable bonds is 5. The molecule has 0 saturated carbocycles. The zero-order valence-electron chi connectivity index (χ0n) is 11.6. The molecule has 0 aliphatic carbocycles. The van der Waals surface area contributed by atoms with Crippen molar-refractivity contribution in [1.82, 2.24) is 5.32 Å². The molecule has 3 rings (SSSR count). The number of hydrogen-bond donors (Lipinski definition) is 1. The van der Waals surface area contributed by atoms with Crippen LogP contribution in [-0.4, -0.2) is 14.2 Å². The minimum atomic E-state index is 0.0815. The SMILES string of the molecule is CNC(c1ccc(COC)o1)c1cc2ccccc2s1. The first-order valence-corrected chi connectivity index (χ1v) is 7.36. The lowest BCUT2D eigenvalue weighted by molar-refractivity contribution is 0.162. The molecule has 20 heavy (non-hydrogen) atoms. The van der Waals surface area contributed by atoms with Gasteiger partial charge in [0.1, 0.15) is 24.2 Å². The summed E-state index contributed by atoms with van der Waals surface area (Å²) in [7, 11) is 3.62. The molecule has 0 amide bonds. The van der Waals surface area contributed by atoms with E-state index < -0.39 is 0 Å². The Labute approximate surface area is 122 Å². The molecule has 0 saturated heterocycles. The topological polar surface area (TPSA) is 34.4 Å². The van der Waals surface area contributed by atoms with Crippen LogP contribution in [0.15, 0.2) is 46.9 Å². The summed E-state index contributed by atoms with van der Waals surface area (Å²) >= 11 is 1.79. The molecule has 3 nitrogen and oxygen atoms in total. The molecule has 0 fully saturated rings. The van der Waals surface area contributed by atoms with Crippen molar-refractivity contribution in [3.63, 3.8) is 0 Å². The van der Waals surface area contributed by atoms with Gasteiger partial charge in [0.15, 0.2) is 0 Å². The quantitative estimate of drug-likeness (QED) is 0.771. The van der Waals surface area contributed by atoms with Crippen LogP contribution in [0, 0.1) is 0 Å². The van der Waals surface area contributed by atoms with Crippen molar-refractivity contribution in [2.45, 2.75) is 12.6 Å². The van der Waals surface area contributed by atoms with Crippen molar-refractivity contribution >= 4 is 21.4 Å². The lowest BCUT2D eigenvalue weighted by Gasteiger charge is -2.11. The highest BCUT2D eigenvalue weighted by Crippen LogP contribution is 2.33. The van der Waals surface area contributed by atoms with E-state index in [-0.39, 0.29) is 6.04 Å². The Morgan fingerprint density at radius 3 is 2.85 bits per heavy atom. The minimum absolute atomic E-state index is 0.0815. The molecule has 4 heteroatoms. The Kier molecular flexibility index (Phi) is 3.87. The lowest BCUT2D eigenvalue weighted by Crippen LogP contribution is -2.15. The Morgan fingerprint density at radius 1 is 1.25 bits per heavy atom. The summed E-state index contributed by atoms with van der Waals surface area (Å²) < 4.78 is 12.2. The summed E-state index contributed by atoms with van der Waals surface area (Å²) in [5.74, 6) is 1.77. The van der Waals surface area contributed by atoms with Gasteiger partial charge in [0.2, 0.25) is 0 Å². The van der Waals surface area contributed by atoms with Crippen molar-refractivity contribution in [1.29, 1.82) is 0 Å². The maximum atomic E-state index is 5.85. The minimum Gasteiger partial charge on any atom is -0.462 e. The van der Waals surface area contributed by atoms with Crippen LogP contribution >= 0.6 is 11.3 Å². The molecule has 1 aromatic carbocycles. The van der Waals surface area contributed by atoms with Gasteiger partial charge in [-0.2, -0.15) is 0 Å². The van der Waals surface area contributed by atoms with Gasteiger partial charge >= 0.3 is 0 Å². The molecular formula is C16H17NO2S. The van der Waals surface area contributed by atoms with E-state index in [0.29, 0.717) is 6.61 Å². The highest BCUT2D eigenvalue weighted by molar-refractivity contribution is 7.19. The molecule has 0 spiro atoms.